The van der Waals surface area contributed by atoms with Crippen molar-refractivity contribution in [2.24, 2.45) is 5.16 Å². The highest BCUT2D eigenvalue weighted by Gasteiger charge is 1.97. The van der Waals surface area contributed by atoms with Crippen LogP contribution in [-0.2, 0) is 11.4 Å². The molecule has 0 aromatic heterocycles. The molecular weight excluding hydrogens is 295 g/mol. The summed E-state index contributed by atoms with van der Waals surface area (Å²) in [4.78, 5) is 5.18. The summed E-state index contributed by atoms with van der Waals surface area (Å²) in [5.41, 5.74) is 2.36. The summed E-state index contributed by atoms with van der Waals surface area (Å²) in [6.45, 7) is 0.337. The highest BCUT2D eigenvalue weighted by atomic mass is 35.5. The van der Waals surface area contributed by atoms with Crippen molar-refractivity contribution in [2.75, 3.05) is 0 Å². The molecule has 0 aliphatic rings. The van der Waals surface area contributed by atoms with Crippen LogP contribution in [0.5, 0.6) is 0 Å². The minimum absolute atomic E-state index is 0.337. The molecule has 0 aliphatic carbocycles. The van der Waals surface area contributed by atoms with Crippen molar-refractivity contribution in [3.8, 4) is 6.07 Å². The van der Waals surface area contributed by atoms with E-state index in [1.54, 1.807) is 36.5 Å². The smallest absolute Gasteiger partial charge is 0.142 e. The van der Waals surface area contributed by atoms with E-state index in [0.29, 0.717) is 22.2 Å². The molecule has 0 aliphatic heterocycles. The molecule has 0 bridgehead atoms. The number of oxime groups is 1. The van der Waals surface area contributed by atoms with Crippen LogP contribution in [0.15, 0.2) is 47.6 Å². The number of nitrogens with zero attached hydrogens (tertiary/aromatic N) is 2. The van der Waals surface area contributed by atoms with Crippen molar-refractivity contribution >= 4 is 29.4 Å². The number of halogens is 2. The number of nitriles is 1. The van der Waals surface area contributed by atoms with Crippen molar-refractivity contribution in [1.82, 2.24) is 0 Å². The monoisotopic (exact) mass is 304 g/mol. The summed E-state index contributed by atoms with van der Waals surface area (Å²) in [5.74, 6) is 0. The van der Waals surface area contributed by atoms with E-state index in [0.717, 1.165) is 11.1 Å². The fraction of sp³-hybridized carbons (Fsp3) is 0.0667. The van der Waals surface area contributed by atoms with Gasteiger partial charge in [0.1, 0.15) is 6.61 Å². The fourth-order valence-corrected chi connectivity index (χ4v) is 1.78. The van der Waals surface area contributed by atoms with Gasteiger partial charge in [0.25, 0.3) is 0 Å². The lowest BCUT2D eigenvalue weighted by molar-refractivity contribution is 0.132. The maximum absolute atomic E-state index is 8.69. The lowest BCUT2D eigenvalue weighted by Crippen LogP contribution is -1.89. The van der Waals surface area contributed by atoms with Gasteiger partial charge in [-0.3, -0.25) is 0 Å². The van der Waals surface area contributed by atoms with Crippen molar-refractivity contribution in [3.63, 3.8) is 0 Å². The molecule has 0 fully saturated rings. The molecule has 2 rings (SSSR count). The molecule has 20 heavy (non-hydrogen) atoms. The Bertz CT molecular complexity index is 661. The third-order valence-corrected chi connectivity index (χ3v) is 3.27. The highest BCUT2D eigenvalue weighted by Crippen LogP contribution is 2.21. The highest BCUT2D eigenvalue weighted by molar-refractivity contribution is 6.42. The average molecular weight is 305 g/mol. The van der Waals surface area contributed by atoms with Crippen molar-refractivity contribution in [1.29, 1.82) is 5.26 Å². The van der Waals surface area contributed by atoms with Crippen LogP contribution >= 0.6 is 23.2 Å². The van der Waals surface area contributed by atoms with E-state index in [2.05, 4.69) is 11.2 Å². The molecule has 3 nitrogen and oxygen atoms in total. The summed E-state index contributed by atoms with van der Waals surface area (Å²) >= 11 is 11.7. The molecule has 100 valence electrons. The van der Waals surface area contributed by atoms with Crippen LogP contribution in [0.3, 0.4) is 0 Å². The molecule has 5 heteroatoms. The normalized spacial score (nSPS) is 10.4. The lowest BCUT2D eigenvalue weighted by Gasteiger charge is -2.00. The first-order valence-electron chi connectivity index (χ1n) is 5.78. The molecule has 2 aromatic carbocycles. The standard InChI is InChI=1S/C15H10Cl2N2O/c16-14-6-5-13(7-15(14)17)9-19-20-10-12-3-1-11(8-18)2-4-12/h1-7,9H,10H2/b19-9+. The molecule has 0 radical (unpaired) electrons. The van der Waals surface area contributed by atoms with Gasteiger partial charge in [0.2, 0.25) is 0 Å². The fourth-order valence-electron chi connectivity index (χ4n) is 1.48. The Morgan fingerprint density at radius 2 is 1.85 bits per heavy atom. The molecule has 0 saturated carbocycles. The van der Waals surface area contributed by atoms with E-state index in [1.165, 1.54) is 0 Å². The van der Waals surface area contributed by atoms with Gasteiger partial charge in [-0.25, -0.2) is 0 Å². The van der Waals surface area contributed by atoms with Gasteiger partial charge in [0.15, 0.2) is 0 Å². The van der Waals surface area contributed by atoms with Gasteiger partial charge in [-0.1, -0.05) is 46.6 Å². The zero-order valence-electron chi connectivity index (χ0n) is 10.4. The minimum atomic E-state index is 0.337. The predicted octanol–water partition coefficient (Wildman–Crippen LogP) is 4.42. The molecular formula is C15H10Cl2N2O. The van der Waals surface area contributed by atoms with Crippen molar-refractivity contribution < 1.29 is 4.84 Å². The van der Waals surface area contributed by atoms with E-state index in [9.17, 15) is 0 Å². The zero-order chi connectivity index (χ0) is 14.4. The van der Waals surface area contributed by atoms with Crippen LogP contribution in [0.1, 0.15) is 16.7 Å². The van der Waals surface area contributed by atoms with Crippen molar-refractivity contribution in [3.05, 3.63) is 69.2 Å². The summed E-state index contributed by atoms with van der Waals surface area (Å²) in [6, 6.07) is 14.4. The van der Waals surface area contributed by atoms with Gasteiger partial charge in [-0.05, 0) is 35.4 Å². The van der Waals surface area contributed by atoms with E-state index < -0.39 is 0 Å². The van der Waals surface area contributed by atoms with Crippen LogP contribution in [0.25, 0.3) is 0 Å². The van der Waals surface area contributed by atoms with E-state index in [1.807, 2.05) is 12.1 Å². The van der Waals surface area contributed by atoms with Crippen LogP contribution < -0.4 is 0 Å². The minimum Gasteiger partial charge on any atom is -0.391 e. The second-order valence-electron chi connectivity index (χ2n) is 3.99. The Kier molecular flexibility index (Phi) is 5.00. The Morgan fingerprint density at radius 3 is 2.50 bits per heavy atom. The summed E-state index contributed by atoms with van der Waals surface area (Å²) in [6.07, 6.45) is 1.56. The molecule has 0 spiro atoms. The second kappa shape index (κ2) is 6.95. The molecule has 2 aromatic rings. The SMILES string of the molecule is N#Cc1ccc(CO/N=C/c2ccc(Cl)c(Cl)c2)cc1. The van der Waals surface area contributed by atoms with Gasteiger partial charge in [0, 0.05) is 0 Å². The lowest BCUT2D eigenvalue weighted by atomic mass is 10.2. The molecule has 0 saturated heterocycles. The number of hydrogen-bond acceptors (Lipinski definition) is 3. The Hall–Kier alpha value is -2.02. The van der Waals surface area contributed by atoms with E-state index in [-0.39, 0.29) is 0 Å². The predicted molar refractivity (Wildman–Crippen MR) is 80.0 cm³/mol. The first kappa shape index (κ1) is 14.4. The van der Waals surface area contributed by atoms with Crippen LogP contribution in [0, 0.1) is 11.3 Å². The van der Waals surface area contributed by atoms with Gasteiger partial charge in [-0.15, -0.1) is 0 Å². The van der Waals surface area contributed by atoms with Gasteiger partial charge < -0.3 is 4.84 Å². The van der Waals surface area contributed by atoms with Crippen molar-refractivity contribution in [2.45, 2.75) is 6.61 Å². The third kappa shape index (κ3) is 3.99. The number of benzene rings is 2. The second-order valence-corrected chi connectivity index (χ2v) is 4.80. The van der Waals surface area contributed by atoms with Crippen LogP contribution in [-0.4, -0.2) is 6.21 Å². The van der Waals surface area contributed by atoms with Crippen LogP contribution in [0.4, 0.5) is 0 Å². The maximum Gasteiger partial charge on any atom is 0.142 e. The van der Waals surface area contributed by atoms with Gasteiger partial charge >= 0.3 is 0 Å². The van der Waals surface area contributed by atoms with Gasteiger partial charge in [-0.2, -0.15) is 5.26 Å². The molecule has 0 amide bonds. The number of rotatable bonds is 4. The first-order valence-corrected chi connectivity index (χ1v) is 6.54. The summed E-state index contributed by atoms with van der Waals surface area (Å²) in [5, 5.41) is 13.5. The quantitative estimate of drug-likeness (QED) is 0.620. The molecule has 0 atom stereocenters. The largest absolute Gasteiger partial charge is 0.391 e. The Balaban J connectivity index is 1.90. The maximum atomic E-state index is 8.69. The molecule has 0 N–H and O–H groups in total. The van der Waals surface area contributed by atoms with Crippen LogP contribution in [0.2, 0.25) is 10.0 Å². The third-order valence-electron chi connectivity index (χ3n) is 2.53. The Labute approximate surface area is 127 Å². The van der Waals surface area contributed by atoms with E-state index in [4.69, 9.17) is 33.3 Å². The molecule has 0 unspecified atom stereocenters. The first-order chi connectivity index (χ1) is 9.69. The van der Waals surface area contributed by atoms with Gasteiger partial charge in [0.05, 0.1) is 27.9 Å². The summed E-state index contributed by atoms with van der Waals surface area (Å²) in [7, 11) is 0. The number of hydrogen-bond donors (Lipinski definition) is 0. The zero-order valence-corrected chi connectivity index (χ0v) is 11.9. The average Bonchev–Trinajstić information content (AvgIpc) is 2.48. The van der Waals surface area contributed by atoms with E-state index >= 15 is 0 Å². The Morgan fingerprint density at radius 1 is 1.10 bits per heavy atom. The molecule has 0 heterocycles. The topological polar surface area (TPSA) is 45.4 Å². The summed E-state index contributed by atoms with van der Waals surface area (Å²) < 4.78 is 0.